The summed E-state index contributed by atoms with van der Waals surface area (Å²) >= 11 is 5.96. The standard InChI is InChI=1S/C20H14ClNO2/c21-16-10-6-9-15(13-16)19(23)17-11-4-5-12-18(17)22-20(24)14-7-2-1-3-8-14/h1-13H,(H,22,24). The van der Waals surface area contributed by atoms with Gasteiger partial charge in [0.15, 0.2) is 5.78 Å². The molecule has 3 aromatic rings. The van der Waals surface area contributed by atoms with Crippen LogP contribution in [-0.2, 0) is 0 Å². The lowest BCUT2D eigenvalue weighted by Gasteiger charge is -2.10. The minimum Gasteiger partial charge on any atom is -0.321 e. The molecular formula is C20H14ClNO2. The summed E-state index contributed by atoms with van der Waals surface area (Å²) < 4.78 is 0. The number of para-hydroxylation sites is 1. The van der Waals surface area contributed by atoms with Crippen molar-refractivity contribution in [1.82, 2.24) is 0 Å². The van der Waals surface area contributed by atoms with Gasteiger partial charge in [-0.3, -0.25) is 9.59 Å². The monoisotopic (exact) mass is 335 g/mol. The molecule has 0 aromatic heterocycles. The van der Waals surface area contributed by atoms with Crippen molar-refractivity contribution in [3.05, 3.63) is 101 Å². The average Bonchev–Trinajstić information content (AvgIpc) is 2.62. The lowest BCUT2D eigenvalue weighted by Crippen LogP contribution is -2.15. The summed E-state index contributed by atoms with van der Waals surface area (Å²) in [7, 11) is 0. The predicted molar refractivity (Wildman–Crippen MR) is 95.7 cm³/mol. The highest BCUT2D eigenvalue weighted by atomic mass is 35.5. The number of carbonyl (C=O) groups is 2. The zero-order valence-corrected chi connectivity index (χ0v) is 13.5. The van der Waals surface area contributed by atoms with Crippen molar-refractivity contribution in [2.75, 3.05) is 5.32 Å². The Morgan fingerprint density at radius 2 is 1.42 bits per heavy atom. The maximum absolute atomic E-state index is 12.7. The van der Waals surface area contributed by atoms with Gasteiger partial charge < -0.3 is 5.32 Å². The van der Waals surface area contributed by atoms with Gasteiger partial charge in [0.2, 0.25) is 0 Å². The minimum atomic E-state index is -0.262. The highest BCUT2D eigenvalue weighted by molar-refractivity contribution is 6.31. The molecule has 0 atom stereocenters. The second kappa shape index (κ2) is 7.11. The number of benzene rings is 3. The first kappa shape index (κ1) is 16.0. The molecule has 0 unspecified atom stereocenters. The van der Waals surface area contributed by atoms with Crippen molar-refractivity contribution in [3.8, 4) is 0 Å². The Labute approximate surface area is 144 Å². The van der Waals surface area contributed by atoms with E-state index in [1.54, 1.807) is 72.8 Å². The third-order valence-electron chi connectivity index (χ3n) is 3.54. The van der Waals surface area contributed by atoms with Crippen LogP contribution in [-0.4, -0.2) is 11.7 Å². The van der Waals surface area contributed by atoms with Gasteiger partial charge >= 0.3 is 0 Å². The van der Waals surface area contributed by atoms with Crippen LogP contribution in [0, 0.1) is 0 Å². The van der Waals surface area contributed by atoms with Gasteiger partial charge in [0, 0.05) is 21.7 Å². The second-order valence-corrected chi connectivity index (χ2v) is 5.64. The Hall–Kier alpha value is -2.91. The number of nitrogens with one attached hydrogen (secondary N) is 1. The molecule has 0 spiro atoms. The van der Waals surface area contributed by atoms with Gasteiger partial charge in [-0.2, -0.15) is 0 Å². The molecule has 0 radical (unpaired) electrons. The van der Waals surface area contributed by atoms with E-state index in [4.69, 9.17) is 11.6 Å². The largest absolute Gasteiger partial charge is 0.321 e. The predicted octanol–water partition coefficient (Wildman–Crippen LogP) is 4.82. The number of hydrogen-bond acceptors (Lipinski definition) is 2. The van der Waals surface area contributed by atoms with Crippen molar-refractivity contribution in [1.29, 1.82) is 0 Å². The van der Waals surface area contributed by atoms with Gasteiger partial charge in [-0.15, -0.1) is 0 Å². The summed E-state index contributed by atoms with van der Waals surface area (Å²) in [6.07, 6.45) is 0. The molecule has 0 aliphatic rings. The fourth-order valence-corrected chi connectivity index (χ4v) is 2.55. The molecule has 0 aliphatic heterocycles. The molecule has 118 valence electrons. The molecule has 1 N–H and O–H groups in total. The van der Waals surface area contributed by atoms with Gasteiger partial charge in [-0.1, -0.05) is 54.1 Å². The first-order valence-corrected chi connectivity index (χ1v) is 7.78. The normalized spacial score (nSPS) is 10.2. The van der Waals surface area contributed by atoms with E-state index in [2.05, 4.69) is 5.32 Å². The zero-order valence-electron chi connectivity index (χ0n) is 12.7. The maximum Gasteiger partial charge on any atom is 0.255 e. The van der Waals surface area contributed by atoms with Gasteiger partial charge in [0.1, 0.15) is 0 Å². The van der Waals surface area contributed by atoms with E-state index in [0.29, 0.717) is 27.4 Å². The van der Waals surface area contributed by atoms with Crippen molar-refractivity contribution in [2.24, 2.45) is 0 Å². The Morgan fingerprint density at radius 3 is 2.17 bits per heavy atom. The maximum atomic E-state index is 12.7. The molecule has 0 saturated heterocycles. The molecular weight excluding hydrogens is 322 g/mol. The second-order valence-electron chi connectivity index (χ2n) is 5.21. The Bertz CT molecular complexity index is 891. The lowest BCUT2D eigenvalue weighted by molar-refractivity contribution is 0.102. The number of hydrogen-bond donors (Lipinski definition) is 1. The third kappa shape index (κ3) is 3.53. The van der Waals surface area contributed by atoms with Crippen molar-refractivity contribution < 1.29 is 9.59 Å². The number of anilines is 1. The van der Waals surface area contributed by atoms with Crippen molar-refractivity contribution >= 4 is 29.0 Å². The summed E-state index contributed by atoms with van der Waals surface area (Å²) in [5, 5.41) is 3.29. The topological polar surface area (TPSA) is 46.2 Å². The van der Waals surface area contributed by atoms with Crippen LogP contribution in [0.5, 0.6) is 0 Å². The summed E-state index contributed by atoms with van der Waals surface area (Å²) in [6.45, 7) is 0. The third-order valence-corrected chi connectivity index (χ3v) is 3.78. The van der Waals surface area contributed by atoms with E-state index in [9.17, 15) is 9.59 Å². The van der Waals surface area contributed by atoms with Gasteiger partial charge in [-0.25, -0.2) is 0 Å². The molecule has 4 heteroatoms. The molecule has 3 nitrogen and oxygen atoms in total. The molecule has 0 aliphatic carbocycles. The van der Waals surface area contributed by atoms with Gasteiger partial charge in [0.05, 0.1) is 5.69 Å². The van der Waals surface area contributed by atoms with E-state index in [0.717, 1.165) is 0 Å². The Balaban J connectivity index is 1.91. The summed E-state index contributed by atoms with van der Waals surface area (Å²) in [6, 6.07) is 22.5. The van der Waals surface area contributed by atoms with Crippen LogP contribution in [0.25, 0.3) is 0 Å². The van der Waals surface area contributed by atoms with Gasteiger partial charge in [-0.05, 0) is 36.4 Å². The van der Waals surface area contributed by atoms with E-state index < -0.39 is 0 Å². The van der Waals surface area contributed by atoms with Crippen LogP contribution in [0.15, 0.2) is 78.9 Å². The van der Waals surface area contributed by atoms with Crippen molar-refractivity contribution in [3.63, 3.8) is 0 Å². The van der Waals surface area contributed by atoms with Crippen LogP contribution >= 0.6 is 11.6 Å². The molecule has 1 amide bonds. The minimum absolute atomic E-state index is 0.193. The number of amides is 1. The number of rotatable bonds is 4. The van der Waals surface area contributed by atoms with E-state index in [1.807, 2.05) is 6.07 Å². The molecule has 0 bridgehead atoms. The number of carbonyl (C=O) groups excluding carboxylic acids is 2. The first-order chi connectivity index (χ1) is 11.6. The van der Waals surface area contributed by atoms with Crippen LogP contribution in [0.4, 0.5) is 5.69 Å². The summed E-state index contributed by atoms with van der Waals surface area (Å²) in [5.74, 6) is -0.455. The molecule has 0 saturated carbocycles. The zero-order chi connectivity index (χ0) is 16.9. The fraction of sp³-hybridized carbons (Fsp3) is 0. The lowest BCUT2D eigenvalue weighted by atomic mass is 10.0. The highest BCUT2D eigenvalue weighted by Gasteiger charge is 2.15. The average molecular weight is 336 g/mol. The van der Waals surface area contributed by atoms with Gasteiger partial charge in [0.25, 0.3) is 5.91 Å². The van der Waals surface area contributed by atoms with Crippen LogP contribution in [0.2, 0.25) is 5.02 Å². The molecule has 24 heavy (non-hydrogen) atoms. The molecule has 3 rings (SSSR count). The van der Waals surface area contributed by atoms with Crippen LogP contribution in [0.3, 0.4) is 0 Å². The first-order valence-electron chi connectivity index (χ1n) is 7.41. The van der Waals surface area contributed by atoms with E-state index in [-0.39, 0.29) is 11.7 Å². The van der Waals surface area contributed by atoms with Crippen LogP contribution < -0.4 is 5.32 Å². The molecule has 0 heterocycles. The summed E-state index contributed by atoms with van der Waals surface area (Å²) in [4.78, 5) is 25.1. The van der Waals surface area contributed by atoms with Crippen LogP contribution in [0.1, 0.15) is 26.3 Å². The smallest absolute Gasteiger partial charge is 0.255 e. The molecule has 0 fully saturated rings. The number of halogens is 1. The molecule has 3 aromatic carbocycles. The van der Waals surface area contributed by atoms with Crippen molar-refractivity contribution in [2.45, 2.75) is 0 Å². The van der Waals surface area contributed by atoms with E-state index in [1.165, 1.54) is 0 Å². The highest BCUT2D eigenvalue weighted by Crippen LogP contribution is 2.21. The Morgan fingerprint density at radius 1 is 0.750 bits per heavy atom. The Kier molecular flexibility index (Phi) is 4.73. The number of ketones is 1. The van der Waals surface area contributed by atoms with E-state index >= 15 is 0 Å². The quantitative estimate of drug-likeness (QED) is 0.694. The fourth-order valence-electron chi connectivity index (χ4n) is 2.36. The summed E-state index contributed by atoms with van der Waals surface area (Å²) in [5.41, 5.74) is 1.90. The SMILES string of the molecule is O=C(Nc1ccccc1C(=O)c1cccc(Cl)c1)c1ccccc1.